The lowest BCUT2D eigenvalue weighted by Gasteiger charge is -2.30. The van der Waals surface area contributed by atoms with Gasteiger partial charge in [-0.3, -0.25) is 0 Å². The van der Waals surface area contributed by atoms with Crippen molar-refractivity contribution in [2.24, 2.45) is 0 Å². The summed E-state index contributed by atoms with van der Waals surface area (Å²) in [5.41, 5.74) is 3.07. The molecule has 1 N–H and O–H groups in total. The van der Waals surface area contributed by atoms with Crippen LogP contribution in [-0.2, 0) is 12.8 Å². The Balaban J connectivity index is 2.14. The highest BCUT2D eigenvalue weighted by atomic mass is 15.2. The van der Waals surface area contributed by atoms with E-state index in [0.717, 1.165) is 63.1 Å². The average molecular weight is 267 g/mol. The lowest BCUT2D eigenvalue weighted by Crippen LogP contribution is -2.44. The van der Waals surface area contributed by atoms with Crippen LogP contribution in [0.15, 0.2) is 0 Å². The van der Waals surface area contributed by atoms with Crippen LogP contribution in [0.25, 0.3) is 0 Å². The molecular weight excluding hydrogens is 250 g/mol. The van der Waals surface area contributed by atoms with Crippen molar-refractivity contribution in [1.29, 1.82) is 10.5 Å². The fraction of sp³-hybridized carbons (Fsp3) is 0.533. The van der Waals surface area contributed by atoms with Crippen molar-refractivity contribution in [3.63, 3.8) is 0 Å². The van der Waals surface area contributed by atoms with Crippen LogP contribution in [0.4, 0.5) is 5.82 Å². The van der Waals surface area contributed by atoms with E-state index in [1.54, 1.807) is 0 Å². The summed E-state index contributed by atoms with van der Waals surface area (Å²) in [7, 11) is 0. The van der Waals surface area contributed by atoms with E-state index < -0.39 is 0 Å². The smallest absolute Gasteiger partial charge is 0.148 e. The van der Waals surface area contributed by atoms with Gasteiger partial charge < -0.3 is 10.2 Å². The largest absolute Gasteiger partial charge is 0.353 e. The number of hydrogen-bond donors (Lipinski definition) is 1. The van der Waals surface area contributed by atoms with E-state index in [-0.39, 0.29) is 0 Å². The highest BCUT2D eigenvalue weighted by Gasteiger charge is 2.25. The number of aromatic nitrogens is 1. The van der Waals surface area contributed by atoms with Crippen molar-refractivity contribution < 1.29 is 0 Å². The van der Waals surface area contributed by atoms with E-state index in [9.17, 15) is 10.5 Å². The third kappa shape index (κ3) is 2.11. The van der Waals surface area contributed by atoms with E-state index in [4.69, 9.17) is 4.98 Å². The van der Waals surface area contributed by atoms with Crippen LogP contribution in [0, 0.1) is 22.7 Å². The maximum absolute atomic E-state index is 9.48. The Hall–Kier alpha value is -2.11. The number of nitriles is 2. The molecule has 5 nitrogen and oxygen atoms in total. The van der Waals surface area contributed by atoms with E-state index in [1.165, 1.54) is 0 Å². The Morgan fingerprint density at radius 2 is 1.70 bits per heavy atom. The Labute approximate surface area is 118 Å². The lowest BCUT2D eigenvalue weighted by atomic mass is 9.90. The SMILES string of the molecule is N#Cc1c(N2CCNCC2)nc2c(c1C#N)CCCC2. The molecule has 1 aromatic heterocycles. The van der Waals surface area contributed by atoms with Gasteiger partial charge >= 0.3 is 0 Å². The first kappa shape index (κ1) is 12.9. The number of nitrogens with zero attached hydrogens (tertiary/aromatic N) is 4. The van der Waals surface area contributed by atoms with E-state index in [1.807, 2.05) is 0 Å². The summed E-state index contributed by atoms with van der Waals surface area (Å²) in [6.07, 6.45) is 4.01. The van der Waals surface area contributed by atoms with Gasteiger partial charge in [-0.15, -0.1) is 0 Å². The molecule has 0 radical (unpaired) electrons. The van der Waals surface area contributed by atoms with Gasteiger partial charge in [0.25, 0.3) is 0 Å². The second kappa shape index (κ2) is 5.48. The van der Waals surface area contributed by atoms with Crippen molar-refractivity contribution in [2.75, 3.05) is 31.1 Å². The fourth-order valence-corrected chi connectivity index (χ4v) is 3.06. The summed E-state index contributed by atoms with van der Waals surface area (Å²) in [6.45, 7) is 3.47. The van der Waals surface area contributed by atoms with Crippen molar-refractivity contribution >= 4 is 5.82 Å². The predicted octanol–water partition coefficient (Wildman–Crippen LogP) is 1.11. The van der Waals surface area contributed by atoms with Gasteiger partial charge in [0.05, 0.1) is 5.56 Å². The molecule has 0 saturated carbocycles. The minimum atomic E-state index is 0.468. The maximum atomic E-state index is 9.48. The Morgan fingerprint density at radius 3 is 2.40 bits per heavy atom. The maximum Gasteiger partial charge on any atom is 0.148 e. The topological polar surface area (TPSA) is 75.7 Å². The number of hydrogen-bond acceptors (Lipinski definition) is 5. The highest BCUT2D eigenvalue weighted by Crippen LogP contribution is 2.30. The molecule has 0 spiro atoms. The van der Waals surface area contributed by atoms with Crippen molar-refractivity contribution in [2.45, 2.75) is 25.7 Å². The number of pyridine rings is 1. The van der Waals surface area contributed by atoms with E-state index in [0.29, 0.717) is 16.9 Å². The molecule has 0 amide bonds. The zero-order valence-corrected chi connectivity index (χ0v) is 11.4. The monoisotopic (exact) mass is 267 g/mol. The minimum Gasteiger partial charge on any atom is -0.353 e. The van der Waals surface area contributed by atoms with Crippen molar-refractivity contribution in [3.8, 4) is 12.1 Å². The molecule has 0 atom stereocenters. The van der Waals surface area contributed by atoms with E-state index >= 15 is 0 Å². The van der Waals surface area contributed by atoms with Crippen molar-refractivity contribution in [1.82, 2.24) is 10.3 Å². The molecule has 102 valence electrons. The second-order valence-electron chi connectivity index (χ2n) is 5.28. The van der Waals surface area contributed by atoms with Gasteiger partial charge in [-0.2, -0.15) is 10.5 Å². The second-order valence-corrected chi connectivity index (χ2v) is 5.28. The molecule has 0 aromatic carbocycles. The van der Waals surface area contributed by atoms with Crippen LogP contribution in [0.3, 0.4) is 0 Å². The van der Waals surface area contributed by atoms with Crippen LogP contribution in [-0.4, -0.2) is 31.2 Å². The molecule has 1 saturated heterocycles. The summed E-state index contributed by atoms with van der Waals surface area (Å²) in [6, 6.07) is 4.46. The van der Waals surface area contributed by atoms with Gasteiger partial charge in [-0.25, -0.2) is 4.98 Å². The van der Waals surface area contributed by atoms with E-state index in [2.05, 4.69) is 22.4 Å². The first-order valence-corrected chi connectivity index (χ1v) is 7.16. The molecule has 20 heavy (non-hydrogen) atoms. The number of fused-ring (bicyclic) bond motifs is 1. The molecule has 0 unspecified atom stereocenters. The normalized spacial score (nSPS) is 18.0. The number of nitrogens with one attached hydrogen (secondary N) is 1. The number of piperazine rings is 1. The molecule has 1 fully saturated rings. The predicted molar refractivity (Wildman–Crippen MR) is 75.4 cm³/mol. The highest BCUT2D eigenvalue weighted by molar-refractivity contribution is 5.65. The summed E-state index contributed by atoms with van der Waals surface area (Å²) in [5, 5.41) is 22.2. The number of anilines is 1. The first-order chi connectivity index (χ1) is 9.85. The van der Waals surface area contributed by atoms with Gasteiger partial charge in [0.2, 0.25) is 0 Å². The number of aryl methyl sites for hydroxylation is 1. The Morgan fingerprint density at radius 1 is 1.00 bits per heavy atom. The average Bonchev–Trinajstić information content (AvgIpc) is 2.53. The summed E-state index contributed by atoms with van der Waals surface area (Å²) in [4.78, 5) is 6.87. The van der Waals surface area contributed by atoms with Crippen LogP contribution in [0.5, 0.6) is 0 Å². The molecule has 2 aliphatic rings. The quantitative estimate of drug-likeness (QED) is 0.825. The molecule has 3 rings (SSSR count). The minimum absolute atomic E-state index is 0.468. The molecule has 5 heteroatoms. The van der Waals surface area contributed by atoms with Crippen LogP contribution < -0.4 is 10.2 Å². The fourth-order valence-electron chi connectivity index (χ4n) is 3.06. The molecular formula is C15H17N5. The molecule has 1 aliphatic heterocycles. The Bertz CT molecular complexity index is 602. The summed E-state index contributed by atoms with van der Waals surface area (Å²) >= 11 is 0. The third-order valence-electron chi connectivity index (χ3n) is 4.10. The zero-order chi connectivity index (χ0) is 13.9. The van der Waals surface area contributed by atoms with Gasteiger partial charge in [0, 0.05) is 31.9 Å². The lowest BCUT2D eigenvalue weighted by molar-refractivity contribution is 0.581. The van der Waals surface area contributed by atoms with Crippen LogP contribution >= 0.6 is 0 Å². The first-order valence-electron chi connectivity index (χ1n) is 7.16. The third-order valence-corrected chi connectivity index (χ3v) is 4.10. The van der Waals surface area contributed by atoms with Gasteiger partial charge in [-0.1, -0.05) is 0 Å². The Kier molecular flexibility index (Phi) is 3.54. The van der Waals surface area contributed by atoms with Gasteiger partial charge in [0.15, 0.2) is 0 Å². The van der Waals surface area contributed by atoms with Gasteiger partial charge in [0.1, 0.15) is 23.5 Å². The zero-order valence-electron chi connectivity index (χ0n) is 11.4. The molecule has 0 bridgehead atoms. The standard InChI is InChI=1S/C15H17N5/c16-9-12-11-3-1-2-4-14(11)19-15(13(12)10-17)20-7-5-18-6-8-20/h18H,1-8H2. The summed E-state index contributed by atoms with van der Waals surface area (Å²) < 4.78 is 0. The molecule has 2 heterocycles. The number of rotatable bonds is 1. The van der Waals surface area contributed by atoms with Crippen LogP contribution in [0.2, 0.25) is 0 Å². The molecule has 1 aliphatic carbocycles. The van der Waals surface area contributed by atoms with Gasteiger partial charge in [-0.05, 0) is 31.2 Å². The van der Waals surface area contributed by atoms with Crippen LogP contribution in [0.1, 0.15) is 35.2 Å². The molecule has 1 aromatic rings. The summed E-state index contributed by atoms with van der Waals surface area (Å²) in [5.74, 6) is 0.714. The van der Waals surface area contributed by atoms with Crippen molar-refractivity contribution in [3.05, 3.63) is 22.4 Å².